The van der Waals surface area contributed by atoms with E-state index in [9.17, 15) is 4.39 Å². The number of nitrogens with two attached hydrogens (primary N) is 1. The van der Waals surface area contributed by atoms with Gasteiger partial charge < -0.3 is 10.5 Å². The molecule has 0 fully saturated rings. The lowest BCUT2D eigenvalue weighted by Gasteiger charge is -2.23. The van der Waals surface area contributed by atoms with Crippen LogP contribution in [-0.4, -0.2) is 13.2 Å². The molecule has 2 unspecified atom stereocenters. The molecule has 0 aliphatic rings. The molecule has 2 aromatic carbocycles. The predicted molar refractivity (Wildman–Crippen MR) is 79.0 cm³/mol. The van der Waals surface area contributed by atoms with Crippen molar-refractivity contribution in [2.24, 2.45) is 5.73 Å². The van der Waals surface area contributed by atoms with Gasteiger partial charge in [0.05, 0.1) is 6.10 Å². The molecule has 0 saturated carbocycles. The number of aryl methyl sites for hydroxylation is 1. The van der Waals surface area contributed by atoms with E-state index in [1.54, 1.807) is 19.2 Å². The van der Waals surface area contributed by atoms with E-state index in [4.69, 9.17) is 10.5 Å². The summed E-state index contributed by atoms with van der Waals surface area (Å²) in [7, 11) is 1.65. The summed E-state index contributed by atoms with van der Waals surface area (Å²) in [6.45, 7) is 1.96. The molecular formula is C17H20FNO. The fourth-order valence-corrected chi connectivity index (χ4v) is 2.42. The number of hydrogen-bond donors (Lipinski definition) is 1. The molecule has 2 nitrogen and oxygen atoms in total. The average molecular weight is 273 g/mol. The molecule has 0 aromatic heterocycles. The fourth-order valence-electron chi connectivity index (χ4n) is 2.42. The Kier molecular flexibility index (Phi) is 4.88. The summed E-state index contributed by atoms with van der Waals surface area (Å²) < 4.78 is 18.9. The SMILES string of the molecule is COC(c1ccccc1)C(N)Cc1cc(F)ccc1C. The van der Waals surface area contributed by atoms with Gasteiger partial charge in [-0.25, -0.2) is 4.39 Å². The van der Waals surface area contributed by atoms with Gasteiger partial charge in [-0.3, -0.25) is 0 Å². The van der Waals surface area contributed by atoms with Gasteiger partial charge in [-0.2, -0.15) is 0 Å². The van der Waals surface area contributed by atoms with Crippen molar-refractivity contribution < 1.29 is 9.13 Å². The molecule has 0 radical (unpaired) electrons. The molecule has 0 bridgehead atoms. The van der Waals surface area contributed by atoms with Crippen molar-refractivity contribution >= 4 is 0 Å². The molecule has 2 N–H and O–H groups in total. The fraction of sp³-hybridized carbons (Fsp3) is 0.294. The third kappa shape index (κ3) is 3.44. The minimum atomic E-state index is -0.230. The Morgan fingerprint density at radius 2 is 1.85 bits per heavy atom. The third-order valence-corrected chi connectivity index (χ3v) is 3.54. The van der Waals surface area contributed by atoms with Crippen molar-refractivity contribution in [1.29, 1.82) is 0 Å². The summed E-state index contributed by atoms with van der Waals surface area (Å²) in [5, 5.41) is 0. The van der Waals surface area contributed by atoms with Crippen LogP contribution in [0.4, 0.5) is 4.39 Å². The normalized spacial score (nSPS) is 14.0. The first-order chi connectivity index (χ1) is 9.61. The molecule has 0 spiro atoms. The van der Waals surface area contributed by atoms with Crippen molar-refractivity contribution in [3.63, 3.8) is 0 Å². The van der Waals surface area contributed by atoms with E-state index in [2.05, 4.69) is 0 Å². The van der Waals surface area contributed by atoms with Crippen molar-refractivity contribution in [1.82, 2.24) is 0 Å². The highest BCUT2D eigenvalue weighted by Crippen LogP contribution is 2.23. The predicted octanol–water partition coefficient (Wildman–Crippen LogP) is 3.39. The summed E-state index contributed by atoms with van der Waals surface area (Å²) in [4.78, 5) is 0. The van der Waals surface area contributed by atoms with E-state index in [-0.39, 0.29) is 18.0 Å². The second-order valence-electron chi connectivity index (χ2n) is 5.01. The lowest BCUT2D eigenvalue weighted by Crippen LogP contribution is -2.32. The Labute approximate surface area is 119 Å². The summed E-state index contributed by atoms with van der Waals surface area (Å²) in [6.07, 6.45) is 0.385. The Morgan fingerprint density at radius 1 is 1.15 bits per heavy atom. The molecule has 2 atom stereocenters. The van der Waals surface area contributed by atoms with E-state index in [1.807, 2.05) is 37.3 Å². The van der Waals surface area contributed by atoms with Crippen LogP contribution in [0.3, 0.4) is 0 Å². The van der Waals surface area contributed by atoms with Gasteiger partial charge in [0.25, 0.3) is 0 Å². The minimum absolute atomic E-state index is 0.195. The van der Waals surface area contributed by atoms with E-state index in [1.165, 1.54) is 6.07 Å². The van der Waals surface area contributed by atoms with E-state index in [0.717, 1.165) is 16.7 Å². The molecule has 0 saturated heterocycles. The lowest BCUT2D eigenvalue weighted by molar-refractivity contribution is 0.0802. The zero-order chi connectivity index (χ0) is 14.5. The number of rotatable bonds is 5. The van der Waals surface area contributed by atoms with Crippen LogP contribution >= 0.6 is 0 Å². The summed E-state index contributed by atoms with van der Waals surface area (Å²) in [5.74, 6) is -0.230. The Balaban J connectivity index is 2.17. The highest BCUT2D eigenvalue weighted by atomic mass is 19.1. The van der Waals surface area contributed by atoms with Crippen molar-refractivity contribution in [3.05, 3.63) is 71.0 Å². The molecule has 0 amide bonds. The smallest absolute Gasteiger partial charge is 0.123 e. The molecule has 0 aliphatic heterocycles. The molecule has 106 valence electrons. The van der Waals surface area contributed by atoms with Gasteiger partial charge in [0.1, 0.15) is 5.82 Å². The Hall–Kier alpha value is -1.71. The van der Waals surface area contributed by atoms with Crippen LogP contribution < -0.4 is 5.73 Å². The van der Waals surface area contributed by atoms with Gasteiger partial charge in [-0.1, -0.05) is 36.4 Å². The van der Waals surface area contributed by atoms with E-state index in [0.29, 0.717) is 6.42 Å². The number of hydrogen-bond acceptors (Lipinski definition) is 2. The van der Waals surface area contributed by atoms with Crippen LogP contribution in [0.15, 0.2) is 48.5 Å². The van der Waals surface area contributed by atoms with Crippen LogP contribution in [0.2, 0.25) is 0 Å². The first-order valence-electron chi connectivity index (χ1n) is 6.70. The van der Waals surface area contributed by atoms with Gasteiger partial charge in [-0.05, 0) is 42.2 Å². The average Bonchev–Trinajstić information content (AvgIpc) is 2.45. The molecule has 0 heterocycles. The molecule has 3 heteroatoms. The molecule has 2 aromatic rings. The maximum atomic E-state index is 13.3. The van der Waals surface area contributed by atoms with Gasteiger partial charge in [0.2, 0.25) is 0 Å². The molecule has 2 rings (SSSR count). The summed E-state index contributed by atoms with van der Waals surface area (Å²) in [6, 6.07) is 14.4. The van der Waals surface area contributed by atoms with Crippen molar-refractivity contribution in [2.75, 3.05) is 7.11 Å². The monoisotopic (exact) mass is 273 g/mol. The van der Waals surface area contributed by atoms with Gasteiger partial charge in [0, 0.05) is 13.2 Å². The number of methoxy groups -OCH3 is 1. The summed E-state index contributed by atoms with van der Waals surface area (Å²) in [5.41, 5.74) is 9.27. The van der Waals surface area contributed by atoms with Crippen LogP contribution in [0.25, 0.3) is 0 Å². The number of ether oxygens (including phenoxy) is 1. The highest BCUT2D eigenvalue weighted by Gasteiger charge is 2.20. The van der Waals surface area contributed by atoms with Crippen LogP contribution in [0.5, 0.6) is 0 Å². The third-order valence-electron chi connectivity index (χ3n) is 3.54. The first kappa shape index (κ1) is 14.7. The van der Waals surface area contributed by atoms with E-state index < -0.39 is 0 Å². The highest BCUT2D eigenvalue weighted by molar-refractivity contribution is 5.28. The topological polar surface area (TPSA) is 35.2 Å². The summed E-state index contributed by atoms with van der Waals surface area (Å²) >= 11 is 0. The van der Waals surface area contributed by atoms with Crippen LogP contribution in [-0.2, 0) is 11.2 Å². The second kappa shape index (κ2) is 6.64. The van der Waals surface area contributed by atoms with Gasteiger partial charge in [0.15, 0.2) is 0 Å². The maximum absolute atomic E-state index is 13.3. The molecule has 20 heavy (non-hydrogen) atoms. The van der Waals surface area contributed by atoms with E-state index >= 15 is 0 Å². The van der Waals surface area contributed by atoms with Crippen LogP contribution in [0.1, 0.15) is 22.8 Å². The Morgan fingerprint density at radius 3 is 2.50 bits per heavy atom. The standard InChI is InChI=1S/C17H20FNO/c1-12-8-9-15(18)10-14(12)11-16(19)17(20-2)13-6-4-3-5-7-13/h3-10,16-17H,11,19H2,1-2H3. The Bertz CT molecular complexity index is 556. The minimum Gasteiger partial charge on any atom is -0.375 e. The second-order valence-corrected chi connectivity index (χ2v) is 5.01. The van der Waals surface area contributed by atoms with Gasteiger partial charge >= 0.3 is 0 Å². The molecule has 0 aliphatic carbocycles. The molecular weight excluding hydrogens is 253 g/mol. The zero-order valence-corrected chi connectivity index (χ0v) is 11.8. The van der Waals surface area contributed by atoms with Gasteiger partial charge in [-0.15, -0.1) is 0 Å². The lowest BCUT2D eigenvalue weighted by atomic mass is 9.94. The zero-order valence-electron chi connectivity index (χ0n) is 11.8. The maximum Gasteiger partial charge on any atom is 0.123 e. The number of halogens is 1. The van der Waals surface area contributed by atoms with Crippen molar-refractivity contribution in [3.8, 4) is 0 Å². The first-order valence-corrected chi connectivity index (χ1v) is 6.70. The van der Waals surface area contributed by atoms with Crippen LogP contribution in [0, 0.1) is 12.7 Å². The van der Waals surface area contributed by atoms with Crippen molar-refractivity contribution in [2.45, 2.75) is 25.5 Å². The quantitative estimate of drug-likeness (QED) is 0.906. The largest absolute Gasteiger partial charge is 0.375 e. The number of benzene rings is 2.